The summed E-state index contributed by atoms with van der Waals surface area (Å²) >= 11 is 0. The monoisotopic (exact) mass is 405 g/mol. The van der Waals surface area contributed by atoms with Crippen molar-refractivity contribution >= 4 is 30.0 Å². The quantitative estimate of drug-likeness (QED) is 0.446. The van der Waals surface area contributed by atoms with Crippen LogP contribution in [0.5, 0.6) is 0 Å². The molecule has 0 aromatic heterocycles. The van der Waals surface area contributed by atoms with Crippen molar-refractivity contribution in [2.24, 2.45) is 0 Å². The lowest BCUT2D eigenvalue weighted by atomic mass is 9.97. The van der Waals surface area contributed by atoms with Crippen LogP contribution in [0.3, 0.4) is 0 Å². The number of nitrogens with one attached hydrogen (secondary N) is 1. The van der Waals surface area contributed by atoms with Gasteiger partial charge in [0.15, 0.2) is 24.5 Å². The normalized spacial score (nSPS) is 26.4. The largest absolute Gasteiger partial charge is 0.463 e. The van der Waals surface area contributed by atoms with E-state index in [1.165, 1.54) is 0 Å². The van der Waals surface area contributed by atoms with Crippen molar-refractivity contribution in [3.63, 3.8) is 0 Å². The van der Waals surface area contributed by atoms with E-state index < -0.39 is 67.2 Å². The van der Waals surface area contributed by atoms with Crippen molar-refractivity contribution in [1.82, 2.24) is 5.32 Å². The van der Waals surface area contributed by atoms with E-state index in [9.17, 15) is 24.0 Å². The molecule has 12 nitrogen and oxygen atoms in total. The van der Waals surface area contributed by atoms with Crippen molar-refractivity contribution in [2.75, 3.05) is 13.7 Å². The zero-order valence-corrected chi connectivity index (χ0v) is 16.1. The number of carbonyl (C=O) groups excluding carboxylic acids is 5. The van der Waals surface area contributed by atoms with E-state index in [-0.39, 0.29) is 0 Å². The Morgan fingerprint density at radius 3 is 1.75 bits per heavy atom. The van der Waals surface area contributed by atoms with Crippen molar-refractivity contribution in [1.29, 1.82) is 0 Å². The molecule has 0 aliphatic carbocycles. The second kappa shape index (κ2) is 10.4. The highest BCUT2D eigenvalue weighted by molar-refractivity contribution is 5.69. The number of methoxy groups -OCH3 is 1. The van der Waals surface area contributed by atoms with Crippen LogP contribution in [-0.4, -0.2) is 74.3 Å². The van der Waals surface area contributed by atoms with Gasteiger partial charge in [0.25, 0.3) is 0 Å². The number of carbonyl (C=O) groups is 5. The molecule has 1 saturated heterocycles. The van der Waals surface area contributed by atoms with Crippen LogP contribution in [0.1, 0.15) is 27.7 Å². The Morgan fingerprint density at radius 2 is 1.29 bits per heavy atom. The van der Waals surface area contributed by atoms with Crippen LogP contribution in [0, 0.1) is 0 Å². The molecule has 0 unspecified atom stereocenters. The number of esters is 4. The first-order valence-electron chi connectivity index (χ1n) is 8.20. The molecule has 0 aromatic rings. The first-order valence-corrected chi connectivity index (χ1v) is 8.20. The summed E-state index contributed by atoms with van der Waals surface area (Å²) in [6, 6.07) is 0. The maximum Gasteiger partial charge on any atom is 0.408 e. The highest BCUT2D eigenvalue weighted by Crippen LogP contribution is 2.28. The van der Waals surface area contributed by atoms with Gasteiger partial charge in [-0.05, 0) is 0 Å². The van der Waals surface area contributed by atoms with Gasteiger partial charge in [-0.3, -0.25) is 24.5 Å². The molecule has 1 N–H and O–H groups in total. The van der Waals surface area contributed by atoms with Crippen LogP contribution >= 0.6 is 0 Å². The first-order chi connectivity index (χ1) is 13.0. The Hall–Kier alpha value is -2.89. The second-order valence-electron chi connectivity index (χ2n) is 5.76. The van der Waals surface area contributed by atoms with Gasteiger partial charge >= 0.3 is 30.0 Å². The van der Waals surface area contributed by atoms with Gasteiger partial charge in [0.1, 0.15) is 12.7 Å². The molecule has 1 rings (SSSR count). The van der Waals surface area contributed by atoms with Crippen LogP contribution in [0.25, 0.3) is 0 Å². The fraction of sp³-hybridized carbons (Fsp3) is 0.688. The van der Waals surface area contributed by atoms with Crippen LogP contribution in [-0.2, 0) is 47.6 Å². The van der Waals surface area contributed by atoms with Crippen LogP contribution in [0.15, 0.2) is 0 Å². The third-order valence-electron chi connectivity index (χ3n) is 3.44. The Morgan fingerprint density at radius 1 is 0.786 bits per heavy atom. The summed E-state index contributed by atoms with van der Waals surface area (Å²) in [5, 5.41) is 2.29. The van der Waals surface area contributed by atoms with Gasteiger partial charge in [0, 0.05) is 27.7 Å². The van der Waals surface area contributed by atoms with Crippen molar-refractivity contribution in [2.45, 2.75) is 58.3 Å². The van der Waals surface area contributed by atoms with E-state index in [2.05, 4.69) is 10.1 Å². The van der Waals surface area contributed by atoms with Crippen molar-refractivity contribution in [3.05, 3.63) is 0 Å². The number of hydrogen-bond acceptors (Lipinski definition) is 11. The maximum absolute atomic E-state index is 11.6. The Labute approximate surface area is 160 Å². The third kappa shape index (κ3) is 7.02. The lowest BCUT2D eigenvalue weighted by Gasteiger charge is -2.44. The number of hydrogen-bond donors (Lipinski definition) is 1. The zero-order chi connectivity index (χ0) is 21.4. The molecule has 0 saturated carbocycles. The van der Waals surface area contributed by atoms with E-state index in [1.807, 2.05) is 0 Å². The number of amides is 1. The molecule has 0 bridgehead atoms. The first kappa shape index (κ1) is 23.1. The topological polar surface area (TPSA) is 153 Å². The van der Waals surface area contributed by atoms with E-state index in [0.29, 0.717) is 0 Å². The smallest absolute Gasteiger partial charge is 0.408 e. The minimum Gasteiger partial charge on any atom is -0.463 e. The summed E-state index contributed by atoms with van der Waals surface area (Å²) in [6.45, 7) is 4.05. The van der Waals surface area contributed by atoms with Gasteiger partial charge in [-0.25, -0.2) is 4.79 Å². The second-order valence-corrected chi connectivity index (χ2v) is 5.76. The fourth-order valence-electron chi connectivity index (χ4n) is 2.52. The minimum atomic E-state index is -1.38. The lowest BCUT2D eigenvalue weighted by Crippen LogP contribution is -2.66. The highest BCUT2D eigenvalue weighted by atomic mass is 16.7. The molecule has 0 aromatic carbocycles. The molecule has 5 atom stereocenters. The van der Waals surface area contributed by atoms with E-state index in [1.54, 1.807) is 0 Å². The number of ether oxygens (including phenoxy) is 6. The summed E-state index contributed by atoms with van der Waals surface area (Å²) in [5.74, 6) is -2.94. The standard InChI is InChI=1S/C16H23NO11/c1-7(18)24-6-11-12(25-8(2)19)13(26-9(3)20)14(27-10(4)21)15(28-11)17-16(22)23-5/h11-15H,6H2,1-5H3,(H,17,22)/t11-,12+,13-,14-,15-/m1/s1. The average molecular weight is 405 g/mol. The van der Waals surface area contributed by atoms with Gasteiger partial charge < -0.3 is 28.4 Å². The molecule has 158 valence electrons. The fourth-order valence-corrected chi connectivity index (χ4v) is 2.52. The maximum atomic E-state index is 11.6. The molecule has 0 radical (unpaired) electrons. The van der Waals surface area contributed by atoms with E-state index >= 15 is 0 Å². The molecule has 1 aliphatic rings. The molecule has 12 heteroatoms. The molecular formula is C16H23NO11. The SMILES string of the molecule is COC(=O)N[C@@H]1O[C@H](COC(C)=O)[C@H](OC(C)=O)[C@@H](OC(C)=O)[C@H]1OC(C)=O. The van der Waals surface area contributed by atoms with E-state index in [4.69, 9.17) is 23.7 Å². The van der Waals surface area contributed by atoms with Gasteiger partial charge in [0.2, 0.25) is 0 Å². The Balaban J connectivity index is 3.30. The van der Waals surface area contributed by atoms with Gasteiger partial charge in [0.05, 0.1) is 7.11 Å². The van der Waals surface area contributed by atoms with Gasteiger partial charge in [-0.2, -0.15) is 0 Å². The summed E-state index contributed by atoms with van der Waals surface area (Å²) in [4.78, 5) is 57.5. The van der Waals surface area contributed by atoms with Gasteiger partial charge in [-0.1, -0.05) is 0 Å². The van der Waals surface area contributed by atoms with Crippen molar-refractivity contribution in [3.8, 4) is 0 Å². The van der Waals surface area contributed by atoms with Crippen molar-refractivity contribution < 1.29 is 52.4 Å². The average Bonchev–Trinajstić information content (AvgIpc) is 2.57. The zero-order valence-electron chi connectivity index (χ0n) is 16.1. The highest BCUT2D eigenvalue weighted by Gasteiger charge is 2.52. The number of alkyl carbamates (subject to hydrolysis) is 1. The van der Waals surface area contributed by atoms with E-state index in [0.717, 1.165) is 34.8 Å². The Bertz CT molecular complexity index is 620. The summed E-state index contributed by atoms with van der Waals surface area (Å²) < 4.78 is 30.5. The van der Waals surface area contributed by atoms with Crippen LogP contribution in [0.2, 0.25) is 0 Å². The molecule has 28 heavy (non-hydrogen) atoms. The summed E-state index contributed by atoms with van der Waals surface area (Å²) in [7, 11) is 1.10. The predicted molar refractivity (Wildman–Crippen MR) is 87.5 cm³/mol. The molecule has 0 spiro atoms. The molecular weight excluding hydrogens is 382 g/mol. The number of rotatable bonds is 6. The lowest BCUT2D eigenvalue weighted by molar-refractivity contribution is -0.256. The van der Waals surface area contributed by atoms with Gasteiger partial charge in [-0.15, -0.1) is 0 Å². The van der Waals surface area contributed by atoms with Crippen LogP contribution < -0.4 is 5.32 Å². The molecule has 1 heterocycles. The molecule has 1 fully saturated rings. The predicted octanol–water partition coefficient (Wildman–Crippen LogP) is -0.574. The summed E-state index contributed by atoms with van der Waals surface area (Å²) in [6.07, 6.45) is -7.46. The Kier molecular flexibility index (Phi) is 8.64. The van der Waals surface area contributed by atoms with Crippen LogP contribution in [0.4, 0.5) is 4.79 Å². The molecule has 1 aliphatic heterocycles. The molecule has 1 amide bonds. The minimum absolute atomic E-state index is 0.392. The third-order valence-corrected chi connectivity index (χ3v) is 3.44. The summed E-state index contributed by atoms with van der Waals surface area (Å²) in [5.41, 5.74) is 0.